The summed E-state index contributed by atoms with van der Waals surface area (Å²) in [6.07, 6.45) is 1.87. The SMILES string of the molecule is CCN1[C@@H](C(=O)N2CCN(C(c3ccc(F)cc3)c3ccc(F)cc3)CC2)CC[C@H]1c1ccccc1. The van der Waals surface area contributed by atoms with Gasteiger partial charge in [0, 0.05) is 32.2 Å². The third kappa shape index (κ3) is 5.06. The Morgan fingerprint density at radius 2 is 1.36 bits per heavy atom. The molecule has 1 amide bonds. The highest BCUT2D eigenvalue weighted by Gasteiger charge is 2.40. The zero-order valence-electron chi connectivity index (χ0n) is 20.7. The lowest BCUT2D eigenvalue weighted by Crippen LogP contribution is -2.54. The summed E-state index contributed by atoms with van der Waals surface area (Å²) in [5.74, 6) is -0.342. The number of rotatable bonds is 6. The number of likely N-dealkylation sites (N-methyl/N-ethyl adjacent to an activating group) is 1. The first-order valence-corrected chi connectivity index (χ1v) is 12.9. The lowest BCUT2D eigenvalue weighted by Gasteiger charge is -2.41. The lowest BCUT2D eigenvalue weighted by molar-refractivity contribution is -0.138. The molecular formula is C30H33F2N3O. The van der Waals surface area contributed by atoms with E-state index < -0.39 is 0 Å². The molecule has 0 saturated carbocycles. The van der Waals surface area contributed by atoms with Crippen molar-refractivity contribution in [3.63, 3.8) is 0 Å². The van der Waals surface area contributed by atoms with Crippen LogP contribution in [0.5, 0.6) is 0 Å². The van der Waals surface area contributed by atoms with Crippen molar-refractivity contribution in [2.24, 2.45) is 0 Å². The van der Waals surface area contributed by atoms with E-state index >= 15 is 0 Å². The van der Waals surface area contributed by atoms with Gasteiger partial charge in [0.05, 0.1) is 12.1 Å². The van der Waals surface area contributed by atoms with Crippen LogP contribution in [0.2, 0.25) is 0 Å². The van der Waals surface area contributed by atoms with Crippen LogP contribution in [-0.4, -0.2) is 59.4 Å². The second-order valence-electron chi connectivity index (χ2n) is 9.72. The van der Waals surface area contributed by atoms with E-state index in [1.54, 1.807) is 24.3 Å². The van der Waals surface area contributed by atoms with Gasteiger partial charge in [-0.2, -0.15) is 0 Å². The first kappa shape index (κ1) is 24.6. The Morgan fingerprint density at radius 1 is 0.806 bits per heavy atom. The van der Waals surface area contributed by atoms with Gasteiger partial charge in [0.1, 0.15) is 11.6 Å². The van der Waals surface area contributed by atoms with E-state index in [9.17, 15) is 13.6 Å². The molecule has 6 heteroatoms. The van der Waals surface area contributed by atoms with Gasteiger partial charge < -0.3 is 4.90 Å². The molecule has 0 bridgehead atoms. The summed E-state index contributed by atoms with van der Waals surface area (Å²) in [4.78, 5) is 20.3. The average molecular weight is 490 g/mol. The Labute approximate surface area is 212 Å². The molecular weight excluding hydrogens is 456 g/mol. The second kappa shape index (κ2) is 10.9. The first-order valence-electron chi connectivity index (χ1n) is 12.9. The number of hydrogen-bond acceptors (Lipinski definition) is 3. The van der Waals surface area contributed by atoms with Gasteiger partial charge >= 0.3 is 0 Å². The molecule has 2 saturated heterocycles. The van der Waals surface area contributed by atoms with Crippen LogP contribution >= 0.6 is 0 Å². The van der Waals surface area contributed by atoms with Crippen molar-refractivity contribution in [2.45, 2.75) is 37.9 Å². The van der Waals surface area contributed by atoms with Crippen LogP contribution in [-0.2, 0) is 4.79 Å². The summed E-state index contributed by atoms with van der Waals surface area (Å²) in [6.45, 7) is 5.66. The van der Waals surface area contributed by atoms with Gasteiger partial charge in [0.25, 0.3) is 0 Å². The highest BCUT2D eigenvalue weighted by Crippen LogP contribution is 2.37. The molecule has 2 atom stereocenters. The first-order chi connectivity index (χ1) is 17.5. The minimum Gasteiger partial charge on any atom is -0.339 e. The van der Waals surface area contributed by atoms with Crippen LogP contribution in [0.1, 0.15) is 48.5 Å². The smallest absolute Gasteiger partial charge is 0.240 e. The normalized spacial score (nSPS) is 21.3. The Kier molecular flexibility index (Phi) is 7.44. The number of likely N-dealkylation sites (tertiary alicyclic amines) is 1. The van der Waals surface area contributed by atoms with Crippen LogP contribution in [0.3, 0.4) is 0 Å². The molecule has 3 aromatic rings. The summed E-state index contributed by atoms with van der Waals surface area (Å²) in [5.41, 5.74) is 3.20. The molecule has 4 nitrogen and oxygen atoms in total. The third-order valence-corrected chi connectivity index (χ3v) is 7.71. The molecule has 188 valence electrons. The second-order valence-corrected chi connectivity index (χ2v) is 9.72. The van der Waals surface area contributed by atoms with Gasteiger partial charge in [-0.1, -0.05) is 61.5 Å². The number of nitrogens with zero attached hydrogens (tertiary/aromatic N) is 3. The number of hydrogen-bond donors (Lipinski definition) is 0. The van der Waals surface area contributed by atoms with Gasteiger partial charge in [-0.15, -0.1) is 0 Å². The van der Waals surface area contributed by atoms with Crippen LogP contribution in [0, 0.1) is 11.6 Å². The van der Waals surface area contributed by atoms with E-state index in [2.05, 4.69) is 41.0 Å². The van der Waals surface area contributed by atoms with E-state index in [1.165, 1.54) is 29.8 Å². The van der Waals surface area contributed by atoms with E-state index in [1.807, 2.05) is 11.0 Å². The summed E-state index contributed by atoms with van der Waals surface area (Å²) in [5, 5.41) is 0. The van der Waals surface area contributed by atoms with Crippen molar-refractivity contribution in [3.05, 3.63) is 107 Å². The van der Waals surface area contributed by atoms with Crippen molar-refractivity contribution in [1.29, 1.82) is 0 Å². The van der Waals surface area contributed by atoms with Crippen LogP contribution in [0.4, 0.5) is 8.78 Å². The van der Waals surface area contributed by atoms with E-state index in [-0.39, 0.29) is 35.7 Å². The summed E-state index contributed by atoms with van der Waals surface area (Å²) >= 11 is 0. The highest BCUT2D eigenvalue weighted by atomic mass is 19.1. The Balaban J connectivity index is 1.29. The lowest BCUT2D eigenvalue weighted by atomic mass is 9.96. The number of piperazine rings is 1. The Morgan fingerprint density at radius 3 is 1.89 bits per heavy atom. The molecule has 0 N–H and O–H groups in total. The molecule has 0 aromatic heterocycles. The van der Waals surface area contributed by atoms with Gasteiger partial charge in [-0.25, -0.2) is 8.78 Å². The van der Waals surface area contributed by atoms with Gasteiger partial charge in [0.2, 0.25) is 5.91 Å². The fraction of sp³-hybridized carbons (Fsp3) is 0.367. The quantitative estimate of drug-likeness (QED) is 0.462. The highest BCUT2D eigenvalue weighted by molar-refractivity contribution is 5.82. The number of amides is 1. The van der Waals surface area contributed by atoms with Crippen molar-refractivity contribution in [2.75, 3.05) is 32.7 Å². The zero-order valence-corrected chi connectivity index (χ0v) is 20.7. The maximum atomic E-state index is 13.6. The molecule has 2 heterocycles. The predicted molar refractivity (Wildman–Crippen MR) is 137 cm³/mol. The molecule has 36 heavy (non-hydrogen) atoms. The van der Waals surface area contributed by atoms with Crippen molar-refractivity contribution in [3.8, 4) is 0 Å². The molecule has 2 aliphatic rings. The molecule has 3 aromatic carbocycles. The summed E-state index contributed by atoms with van der Waals surface area (Å²) < 4.78 is 27.2. The van der Waals surface area contributed by atoms with Crippen molar-refractivity contribution >= 4 is 5.91 Å². The fourth-order valence-electron chi connectivity index (χ4n) is 5.92. The van der Waals surface area contributed by atoms with E-state index in [4.69, 9.17) is 0 Å². The molecule has 5 rings (SSSR count). The van der Waals surface area contributed by atoms with E-state index in [0.29, 0.717) is 26.2 Å². The van der Waals surface area contributed by atoms with Crippen LogP contribution < -0.4 is 0 Å². The van der Waals surface area contributed by atoms with Crippen molar-refractivity contribution < 1.29 is 13.6 Å². The largest absolute Gasteiger partial charge is 0.339 e. The fourth-order valence-corrected chi connectivity index (χ4v) is 5.92. The topological polar surface area (TPSA) is 26.8 Å². The summed E-state index contributed by atoms with van der Waals surface area (Å²) in [6, 6.07) is 23.6. The molecule has 2 fully saturated rings. The van der Waals surface area contributed by atoms with Crippen molar-refractivity contribution in [1.82, 2.24) is 14.7 Å². The maximum absolute atomic E-state index is 13.6. The van der Waals surface area contributed by atoms with Gasteiger partial charge in [0.15, 0.2) is 0 Å². The monoisotopic (exact) mass is 489 g/mol. The maximum Gasteiger partial charge on any atom is 0.240 e. The summed E-state index contributed by atoms with van der Waals surface area (Å²) in [7, 11) is 0. The van der Waals surface area contributed by atoms with Gasteiger partial charge in [-0.3, -0.25) is 14.6 Å². The molecule has 0 unspecified atom stereocenters. The standard InChI is InChI=1S/C30H33F2N3O/c1-2-35-27(22-6-4-3-5-7-22)16-17-28(35)30(36)34-20-18-33(19-21-34)29(23-8-12-25(31)13-9-23)24-10-14-26(32)15-11-24/h3-15,27-29H,2,16-21H2,1H3/t27-,28+/m0/s1. The average Bonchev–Trinajstić information content (AvgIpc) is 3.36. The minimum absolute atomic E-state index is 0.0863. The number of halogens is 2. The Hall–Kier alpha value is -3.09. The molecule has 0 radical (unpaired) electrons. The van der Waals surface area contributed by atoms with E-state index in [0.717, 1.165) is 30.5 Å². The third-order valence-electron chi connectivity index (χ3n) is 7.71. The minimum atomic E-state index is -0.280. The predicted octanol–water partition coefficient (Wildman–Crippen LogP) is 5.42. The zero-order chi connectivity index (χ0) is 25.1. The number of benzene rings is 3. The number of carbonyl (C=O) groups excluding carboxylic acids is 1. The Bertz CT molecular complexity index is 1100. The van der Waals surface area contributed by atoms with Gasteiger partial charge in [-0.05, 0) is 60.3 Å². The van der Waals surface area contributed by atoms with Crippen LogP contribution in [0.15, 0.2) is 78.9 Å². The molecule has 0 spiro atoms. The number of carbonyl (C=O) groups is 1. The molecule has 0 aliphatic carbocycles. The molecule has 2 aliphatic heterocycles. The van der Waals surface area contributed by atoms with Crippen LogP contribution in [0.25, 0.3) is 0 Å².